The molecule has 1 heterocycles. The molecular formula is C16H15F3N2O4. The van der Waals surface area contributed by atoms with Crippen LogP contribution in [0.5, 0.6) is 0 Å². The van der Waals surface area contributed by atoms with Gasteiger partial charge in [-0.1, -0.05) is 18.2 Å². The zero-order chi connectivity index (χ0) is 18.8. The van der Waals surface area contributed by atoms with Crippen LogP contribution in [0.25, 0.3) is 0 Å². The standard InChI is InChI=1S/C16H15F3N2O4/c1-20-12(8-13(22)21(2)15(20)24)9-25-14(23)7-10-4-3-5-11(6-10)16(17,18)19/h3-6,8H,7,9H2,1-2H3. The molecule has 2 rings (SSSR count). The van der Waals surface area contributed by atoms with E-state index < -0.39 is 29.0 Å². The topological polar surface area (TPSA) is 70.3 Å². The van der Waals surface area contributed by atoms with E-state index in [1.165, 1.54) is 26.2 Å². The third-order valence-electron chi connectivity index (χ3n) is 3.61. The largest absolute Gasteiger partial charge is 0.459 e. The molecule has 0 amide bonds. The predicted molar refractivity (Wildman–Crippen MR) is 81.9 cm³/mol. The minimum absolute atomic E-state index is 0.151. The molecular weight excluding hydrogens is 341 g/mol. The lowest BCUT2D eigenvalue weighted by molar-refractivity contribution is -0.144. The van der Waals surface area contributed by atoms with Crippen LogP contribution in [0, 0.1) is 0 Å². The highest BCUT2D eigenvalue weighted by Crippen LogP contribution is 2.29. The Hall–Kier alpha value is -2.84. The van der Waals surface area contributed by atoms with Gasteiger partial charge in [0.2, 0.25) is 0 Å². The van der Waals surface area contributed by atoms with E-state index in [0.717, 1.165) is 27.3 Å². The number of carbonyl (C=O) groups is 1. The quantitative estimate of drug-likeness (QED) is 0.777. The van der Waals surface area contributed by atoms with Crippen LogP contribution in [-0.4, -0.2) is 15.1 Å². The highest BCUT2D eigenvalue weighted by molar-refractivity contribution is 5.72. The average Bonchev–Trinajstić information content (AvgIpc) is 2.54. The average molecular weight is 356 g/mol. The van der Waals surface area contributed by atoms with Crippen molar-refractivity contribution >= 4 is 5.97 Å². The number of aromatic nitrogens is 2. The van der Waals surface area contributed by atoms with Gasteiger partial charge >= 0.3 is 17.8 Å². The third kappa shape index (κ3) is 4.37. The fourth-order valence-corrected chi connectivity index (χ4v) is 2.15. The second-order valence-corrected chi connectivity index (χ2v) is 5.41. The summed E-state index contributed by atoms with van der Waals surface area (Å²) in [5, 5.41) is 0. The highest BCUT2D eigenvalue weighted by Gasteiger charge is 2.30. The number of hydrogen-bond donors (Lipinski definition) is 0. The fourth-order valence-electron chi connectivity index (χ4n) is 2.15. The summed E-state index contributed by atoms with van der Waals surface area (Å²) in [5.74, 6) is -0.771. The molecule has 25 heavy (non-hydrogen) atoms. The van der Waals surface area contributed by atoms with Crippen LogP contribution in [-0.2, 0) is 42.8 Å². The zero-order valence-corrected chi connectivity index (χ0v) is 13.5. The molecule has 0 bridgehead atoms. The van der Waals surface area contributed by atoms with E-state index in [9.17, 15) is 27.6 Å². The Morgan fingerprint density at radius 2 is 1.80 bits per heavy atom. The molecule has 0 radical (unpaired) electrons. The molecule has 0 saturated carbocycles. The van der Waals surface area contributed by atoms with Crippen molar-refractivity contribution in [3.05, 3.63) is 68.0 Å². The molecule has 0 fully saturated rings. The summed E-state index contributed by atoms with van der Waals surface area (Å²) in [5.41, 5.74) is -1.64. The van der Waals surface area contributed by atoms with E-state index in [0.29, 0.717) is 0 Å². The van der Waals surface area contributed by atoms with Crippen molar-refractivity contribution in [1.29, 1.82) is 0 Å². The number of rotatable bonds is 4. The Labute approximate surface area is 140 Å². The fraction of sp³-hybridized carbons (Fsp3) is 0.312. The second kappa shape index (κ2) is 6.96. The summed E-state index contributed by atoms with van der Waals surface area (Å²) < 4.78 is 45.0. The number of benzene rings is 1. The minimum Gasteiger partial charge on any atom is -0.459 e. The molecule has 1 aromatic heterocycles. The molecule has 0 spiro atoms. The first-order valence-electron chi connectivity index (χ1n) is 7.17. The van der Waals surface area contributed by atoms with E-state index in [1.54, 1.807) is 0 Å². The Bertz CT molecular complexity index is 913. The van der Waals surface area contributed by atoms with Gasteiger partial charge in [-0.15, -0.1) is 0 Å². The van der Waals surface area contributed by atoms with Crippen LogP contribution in [0.1, 0.15) is 16.8 Å². The summed E-state index contributed by atoms with van der Waals surface area (Å²) in [7, 11) is 2.73. The van der Waals surface area contributed by atoms with Crippen molar-refractivity contribution in [3.63, 3.8) is 0 Å². The van der Waals surface area contributed by atoms with Crippen molar-refractivity contribution in [2.75, 3.05) is 0 Å². The van der Waals surface area contributed by atoms with Crippen LogP contribution in [0.3, 0.4) is 0 Å². The molecule has 0 saturated heterocycles. The lowest BCUT2D eigenvalue weighted by Gasteiger charge is -2.11. The van der Waals surface area contributed by atoms with E-state index >= 15 is 0 Å². The van der Waals surface area contributed by atoms with Crippen LogP contribution >= 0.6 is 0 Å². The van der Waals surface area contributed by atoms with E-state index in [4.69, 9.17) is 4.74 Å². The smallest absolute Gasteiger partial charge is 0.416 e. The van der Waals surface area contributed by atoms with Gasteiger partial charge in [0.25, 0.3) is 5.56 Å². The van der Waals surface area contributed by atoms with Crippen LogP contribution in [0.4, 0.5) is 13.2 Å². The SMILES string of the molecule is Cn1c(COC(=O)Cc2cccc(C(F)(F)F)c2)cc(=O)n(C)c1=O. The van der Waals surface area contributed by atoms with E-state index in [2.05, 4.69) is 0 Å². The minimum atomic E-state index is -4.50. The Balaban J connectivity index is 2.08. The normalized spacial score (nSPS) is 11.4. The number of esters is 1. The van der Waals surface area contributed by atoms with Gasteiger partial charge in [0.15, 0.2) is 0 Å². The maximum Gasteiger partial charge on any atom is 0.416 e. The molecule has 0 atom stereocenters. The summed E-state index contributed by atoms with van der Waals surface area (Å²) in [6.07, 6.45) is -4.86. The monoisotopic (exact) mass is 356 g/mol. The molecule has 9 heteroatoms. The van der Waals surface area contributed by atoms with Gasteiger partial charge in [-0.2, -0.15) is 13.2 Å². The summed E-state index contributed by atoms with van der Waals surface area (Å²) >= 11 is 0. The van der Waals surface area contributed by atoms with E-state index in [1.807, 2.05) is 0 Å². The maximum atomic E-state index is 12.6. The molecule has 6 nitrogen and oxygen atoms in total. The number of ether oxygens (including phenoxy) is 1. The Kier molecular flexibility index (Phi) is 5.15. The van der Waals surface area contributed by atoms with Gasteiger partial charge in [0.1, 0.15) is 6.61 Å². The molecule has 134 valence electrons. The number of hydrogen-bond acceptors (Lipinski definition) is 4. The molecule has 0 N–H and O–H groups in total. The first kappa shape index (κ1) is 18.5. The molecule has 0 unspecified atom stereocenters. The first-order chi connectivity index (χ1) is 11.6. The predicted octanol–water partition coefficient (Wildman–Crippen LogP) is 1.39. The maximum absolute atomic E-state index is 12.6. The number of halogens is 3. The van der Waals surface area contributed by atoms with Crippen LogP contribution < -0.4 is 11.2 Å². The van der Waals surface area contributed by atoms with Crippen molar-refractivity contribution in [2.24, 2.45) is 14.1 Å². The highest BCUT2D eigenvalue weighted by atomic mass is 19.4. The second-order valence-electron chi connectivity index (χ2n) is 5.41. The third-order valence-corrected chi connectivity index (χ3v) is 3.61. The van der Waals surface area contributed by atoms with Crippen LogP contribution in [0.2, 0.25) is 0 Å². The number of carbonyl (C=O) groups excluding carboxylic acids is 1. The van der Waals surface area contributed by atoms with Crippen molar-refractivity contribution in [1.82, 2.24) is 9.13 Å². The molecule has 0 aliphatic heterocycles. The molecule has 2 aromatic rings. The number of nitrogens with zero attached hydrogens (tertiary/aromatic N) is 2. The van der Waals surface area contributed by atoms with Gasteiger partial charge in [0.05, 0.1) is 17.7 Å². The first-order valence-corrected chi connectivity index (χ1v) is 7.17. The van der Waals surface area contributed by atoms with Gasteiger partial charge in [-0.25, -0.2) is 4.79 Å². The summed E-state index contributed by atoms with van der Waals surface area (Å²) in [6.45, 7) is -0.334. The zero-order valence-electron chi connectivity index (χ0n) is 13.5. The lowest BCUT2D eigenvalue weighted by Crippen LogP contribution is -2.38. The Morgan fingerprint density at radius 3 is 2.44 bits per heavy atom. The number of alkyl halides is 3. The van der Waals surface area contributed by atoms with Gasteiger partial charge in [0, 0.05) is 20.2 Å². The van der Waals surface area contributed by atoms with Gasteiger partial charge in [-0.05, 0) is 11.6 Å². The lowest BCUT2D eigenvalue weighted by atomic mass is 10.1. The molecule has 1 aromatic carbocycles. The Morgan fingerprint density at radius 1 is 1.12 bits per heavy atom. The summed E-state index contributed by atoms with van der Waals surface area (Å²) in [4.78, 5) is 35.2. The van der Waals surface area contributed by atoms with E-state index in [-0.39, 0.29) is 24.3 Å². The van der Waals surface area contributed by atoms with Crippen molar-refractivity contribution < 1.29 is 22.7 Å². The van der Waals surface area contributed by atoms with Crippen molar-refractivity contribution in [2.45, 2.75) is 19.2 Å². The summed E-state index contributed by atoms with van der Waals surface area (Å²) in [6, 6.07) is 5.51. The van der Waals surface area contributed by atoms with Crippen LogP contribution in [0.15, 0.2) is 39.9 Å². The van der Waals surface area contributed by atoms with Gasteiger partial charge in [-0.3, -0.25) is 18.7 Å². The van der Waals surface area contributed by atoms with Crippen molar-refractivity contribution in [3.8, 4) is 0 Å². The molecule has 0 aliphatic carbocycles. The van der Waals surface area contributed by atoms with Gasteiger partial charge < -0.3 is 4.74 Å². The molecule has 0 aliphatic rings.